The van der Waals surface area contributed by atoms with Gasteiger partial charge in [0.1, 0.15) is 5.82 Å². The predicted molar refractivity (Wildman–Crippen MR) is 118 cm³/mol. The third-order valence-electron chi connectivity index (χ3n) is 5.59. The zero-order valence-corrected chi connectivity index (χ0v) is 18.7. The topological polar surface area (TPSA) is 71.0 Å². The highest BCUT2D eigenvalue weighted by Crippen LogP contribution is 2.21. The van der Waals surface area contributed by atoms with E-state index in [4.69, 9.17) is 0 Å². The first kappa shape index (κ1) is 21.6. The number of carbonyl (C=O) groups is 1. The van der Waals surface area contributed by atoms with Crippen molar-refractivity contribution in [1.29, 1.82) is 0 Å². The van der Waals surface area contributed by atoms with E-state index in [0.29, 0.717) is 19.4 Å². The summed E-state index contributed by atoms with van der Waals surface area (Å²) in [5.74, 6) is 1.88. The average Bonchev–Trinajstić information content (AvgIpc) is 2.72. The number of nitrogens with zero attached hydrogens (tertiary/aromatic N) is 4. The zero-order valence-electron chi connectivity index (χ0n) is 17.9. The number of aryl methyl sites for hydroxylation is 2. The van der Waals surface area contributed by atoms with Crippen LogP contribution in [0.1, 0.15) is 48.7 Å². The fraction of sp³-hybridized carbons (Fsp3) is 0.545. The van der Waals surface area contributed by atoms with Crippen LogP contribution in [-0.4, -0.2) is 40.2 Å². The SMILES string of the molecule is CSc1nc(C)c(CCC(=O)NCc2ccc(N3CCC(C)CC3)nc2)c(C)n1. The van der Waals surface area contributed by atoms with E-state index in [9.17, 15) is 4.79 Å². The number of rotatable bonds is 7. The van der Waals surface area contributed by atoms with Gasteiger partial charge in [0.25, 0.3) is 0 Å². The fourth-order valence-corrected chi connectivity index (χ4v) is 4.09. The Balaban J connectivity index is 1.47. The molecule has 0 bridgehead atoms. The number of anilines is 1. The molecule has 1 amide bonds. The van der Waals surface area contributed by atoms with E-state index in [1.807, 2.05) is 26.3 Å². The molecule has 3 rings (SSSR count). The van der Waals surface area contributed by atoms with Gasteiger partial charge >= 0.3 is 0 Å². The summed E-state index contributed by atoms with van der Waals surface area (Å²) in [5, 5.41) is 3.78. The Kier molecular flexibility index (Phi) is 7.47. The van der Waals surface area contributed by atoms with Crippen molar-refractivity contribution >= 4 is 23.5 Å². The molecule has 0 aliphatic carbocycles. The predicted octanol–water partition coefficient (Wildman–Crippen LogP) is 3.70. The number of hydrogen-bond donors (Lipinski definition) is 1. The minimum Gasteiger partial charge on any atom is -0.357 e. The first-order chi connectivity index (χ1) is 14.0. The van der Waals surface area contributed by atoms with Crippen molar-refractivity contribution < 1.29 is 4.79 Å². The van der Waals surface area contributed by atoms with Crippen LogP contribution in [-0.2, 0) is 17.8 Å². The van der Waals surface area contributed by atoms with Gasteiger partial charge in [-0.2, -0.15) is 0 Å². The first-order valence-corrected chi connectivity index (χ1v) is 11.5. The van der Waals surface area contributed by atoms with Crippen LogP contribution in [0.25, 0.3) is 0 Å². The summed E-state index contributed by atoms with van der Waals surface area (Å²) in [6.45, 7) is 8.93. The molecule has 7 heteroatoms. The summed E-state index contributed by atoms with van der Waals surface area (Å²) >= 11 is 1.54. The van der Waals surface area contributed by atoms with E-state index < -0.39 is 0 Å². The average molecular weight is 414 g/mol. The molecule has 0 atom stereocenters. The third-order valence-corrected chi connectivity index (χ3v) is 6.14. The fourth-order valence-electron chi connectivity index (χ4n) is 3.64. The molecule has 0 radical (unpaired) electrons. The Labute approximate surface area is 177 Å². The molecule has 29 heavy (non-hydrogen) atoms. The molecule has 1 aliphatic heterocycles. The van der Waals surface area contributed by atoms with Crippen LogP contribution in [0, 0.1) is 19.8 Å². The smallest absolute Gasteiger partial charge is 0.220 e. The monoisotopic (exact) mass is 413 g/mol. The first-order valence-electron chi connectivity index (χ1n) is 10.3. The number of hydrogen-bond acceptors (Lipinski definition) is 6. The zero-order chi connectivity index (χ0) is 20.8. The number of nitrogens with one attached hydrogen (secondary N) is 1. The normalized spacial score (nSPS) is 14.8. The highest BCUT2D eigenvalue weighted by atomic mass is 32.2. The van der Waals surface area contributed by atoms with Crippen molar-refractivity contribution in [3.8, 4) is 0 Å². The molecule has 3 heterocycles. The molecule has 1 aliphatic rings. The molecule has 1 N–H and O–H groups in total. The van der Waals surface area contributed by atoms with Crippen LogP contribution in [0.15, 0.2) is 23.5 Å². The lowest BCUT2D eigenvalue weighted by molar-refractivity contribution is -0.121. The molecular weight excluding hydrogens is 382 g/mol. The van der Waals surface area contributed by atoms with Gasteiger partial charge in [-0.25, -0.2) is 15.0 Å². The van der Waals surface area contributed by atoms with Crippen LogP contribution < -0.4 is 10.2 Å². The van der Waals surface area contributed by atoms with Gasteiger partial charge in [0.2, 0.25) is 5.91 Å². The minimum absolute atomic E-state index is 0.0341. The molecule has 0 unspecified atom stereocenters. The van der Waals surface area contributed by atoms with Gasteiger partial charge in [0.05, 0.1) is 0 Å². The lowest BCUT2D eigenvalue weighted by Gasteiger charge is -2.31. The van der Waals surface area contributed by atoms with Crippen molar-refractivity contribution in [3.63, 3.8) is 0 Å². The second kappa shape index (κ2) is 10.1. The molecule has 0 saturated carbocycles. The van der Waals surface area contributed by atoms with Gasteiger partial charge < -0.3 is 10.2 Å². The van der Waals surface area contributed by atoms with Crippen molar-refractivity contribution in [2.45, 2.75) is 58.2 Å². The molecule has 1 fully saturated rings. The van der Waals surface area contributed by atoms with E-state index in [0.717, 1.165) is 52.5 Å². The Morgan fingerprint density at radius 3 is 2.48 bits per heavy atom. The second-order valence-corrected chi connectivity index (χ2v) is 8.60. The molecular formula is C22H31N5OS. The standard InChI is InChI=1S/C22H31N5OS/c1-15-9-11-27(12-10-15)20-7-5-18(13-23-20)14-24-21(28)8-6-19-16(2)25-22(29-4)26-17(19)3/h5,7,13,15H,6,8-12,14H2,1-4H3,(H,24,28). The van der Waals surface area contributed by atoms with Crippen molar-refractivity contribution in [1.82, 2.24) is 20.3 Å². The Bertz CT molecular complexity index is 809. The second-order valence-electron chi connectivity index (χ2n) is 7.83. The summed E-state index contributed by atoms with van der Waals surface area (Å²) in [7, 11) is 0. The van der Waals surface area contributed by atoms with Gasteiger partial charge in [-0.05, 0) is 62.5 Å². The Morgan fingerprint density at radius 2 is 1.90 bits per heavy atom. The lowest BCUT2D eigenvalue weighted by atomic mass is 9.99. The maximum atomic E-state index is 12.3. The number of aromatic nitrogens is 3. The van der Waals surface area contributed by atoms with Gasteiger partial charge in [-0.15, -0.1) is 0 Å². The number of thioether (sulfide) groups is 1. The van der Waals surface area contributed by atoms with Gasteiger partial charge in [0.15, 0.2) is 5.16 Å². The van der Waals surface area contributed by atoms with Gasteiger partial charge in [0, 0.05) is 43.6 Å². The van der Waals surface area contributed by atoms with E-state index in [1.165, 1.54) is 24.6 Å². The van der Waals surface area contributed by atoms with Crippen LogP contribution in [0.5, 0.6) is 0 Å². The minimum atomic E-state index is 0.0341. The molecule has 0 spiro atoms. The quantitative estimate of drug-likeness (QED) is 0.551. The summed E-state index contributed by atoms with van der Waals surface area (Å²) in [6, 6.07) is 4.12. The van der Waals surface area contributed by atoms with E-state index in [-0.39, 0.29) is 5.91 Å². The lowest BCUT2D eigenvalue weighted by Crippen LogP contribution is -2.33. The van der Waals surface area contributed by atoms with E-state index >= 15 is 0 Å². The van der Waals surface area contributed by atoms with Crippen LogP contribution in [0.3, 0.4) is 0 Å². The molecule has 1 saturated heterocycles. The van der Waals surface area contributed by atoms with Crippen molar-refractivity contribution in [2.24, 2.45) is 5.92 Å². The molecule has 2 aromatic heterocycles. The number of piperidine rings is 1. The number of pyridine rings is 1. The largest absolute Gasteiger partial charge is 0.357 e. The summed E-state index contributed by atoms with van der Waals surface area (Å²) in [4.78, 5) is 28.2. The van der Waals surface area contributed by atoms with Crippen molar-refractivity contribution in [2.75, 3.05) is 24.2 Å². The Morgan fingerprint density at radius 1 is 1.21 bits per heavy atom. The highest BCUT2D eigenvalue weighted by molar-refractivity contribution is 7.98. The molecule has 156 valence electrons. The summed E-state index contributed by atoms with van der Waals surface area (Å²) in [5.41, 5.74) is 4.01. The highest BCUT2D eigenvalue weighted by Gasteiger charge is 2.16. The van der Waals surface area contributed by atoms with Crippen molar-refractivity contribution in [3.05, 3.63) is 40.8 Å². The summed E-state index contributed by atoms with van der Waals surface area (Å²) < 4.78 is 0. The van der Waals surface area contributed by atoms with Gasteiger partial charge in [-0.3, -0.25) is 4.79 Å². The summed E-state index contributed by atoms with van der Waals surface area (Å²) in [6.07, 6.45) is 7.38. The van der Waals surface area contributed by atoms with Crippen LogP contribution in [0.2, 0.25) is 0 Å². The molecule has 6 nitrogen and oxygen atoms in total. The molecule has 0 aromatic carbocycles. The number of amides is 1. The maximum Gasteiger partial charge on any atom is 0.220 e. The van der Waals surface area contributed by atoms with Gasteiger partial charge in [-0.1, -0.05) is 24.8 Å². The Hall–Kier alpha value is -2.15. The third kappa shape index (κ3) is 5.92. The molecule has 2 aromatic rings. The van der Waals surface area contributed by atoms with E-state index in [2.05, 4.69) is 44.2 Å². The van der Waals surface area contributed by atoms with E-state index in [1.54, 1.807) is 0 Å². The number of carbonyl (C=O) groups excluding carboxylic acids is 1. The van der Waals surface area contributed by atoms with Crippen LogP contribution in [0.4, 0.5) is 5.82 Å². The van der Waals surface area contributed by atoms with Crippen LogP contribution >= 0.6 is 11.8 Å². The maximum absolute atomic E-state index is 12.3.